The zero-order chi connectivity index (χ0) is 10.6. The minimum atomic E-state index is -0.663. The molecule has 1 aromatic carbocycles. The summed E-state index contributed by atoms with van der Waals surface area (Å²) in [6.45, 7) is 0.135. The van der Waals surface area contributed by atoms with Crippen LogP contribution in [0, 0.1) is 11.6 Å². The van der Waals surface area contributed by atoms with Crippen LogP contribution in [0.3, 0.4) is 0 Å². The molecule has 3 N–H and O–H groups in total. The average molecular weight is 219 g/mol. The summed E-state index contributed by atoms with van der Waals surface area (Å²) in [6.07, 6.45) is -0.663. The van der Waals surface area contributed by atoms with Crippen LogP contribution >= 0.6 is 11.8 Å². The molecular weight excluding hydrogens is 208 g/mol. The SMILES string of the molecule is NCC(O)CSc1ccc(F)cc1F. The van der Waals surface area contributed by atoms with Crippen LogP contribution in [-0.4, -0.2) is 23.5 Å². The van der Waals surface area contributed by atoms with Crippen molar-refractivity contribution in [2.24, 2.45) is 5.73 Å². The normalized spacial score (nSPS) is 12.9. The Kier molecular flexibility index (Phi) is 4.31. The van der Waals surface area contributed by atoms with Crippen LogP contribution < -0.4 is 5.73 Å². The first-order valence-electron chi connectivity index (χ1n) is 4.09. The van der Waals surface area contributed by atoms with Gasteiger partial charge in [-0.3, -0.25) is 0 Å². The van der Waals surface area contributed by atoms with Crippen LogP contribution in [0.4, 0.5) is 8.78 Å². The molecule has 1 aromatic rings. The summed E-state index contributed by atoms with van der Waals surface area (Å²) in [5, 5.41) is 9.12. The first-order valence-corrected chi connectivity index (χ1v) is 5.08. The highest BCUT2D eigenvalue weighted by Crippen LogP contribution is 2.22. The minimum absolute atomic E-state index is 0.135. The van der Waals surface area contributed by atoms with E-state index in [4.69, 9.17) is 10.8 Å². The van der Waals surface area contributed by atoms with Crippen LogP contribution in [0.2, 0.25) is 0 Å². The summed E-state index contributed by atoms with van der Waals surface area (Å²) in [6, 6.07) is 3.34. The van der Waals surface area contributed by atoms with Crippen molar-refractivity contribution in [3.8, 4) is 0 Å². The maximum absolute atomic E-state index is 13.0. The molecule has 0 saturated heterocycles. The summed E-state index contributed by atoms with van der Waals surface area (Å²) in [5.41, 5.74) is 5.18. The minimum Gasteiger partial charge on any atom is -0.391 e. The van der Waals surface area contributed by atoms with Gasteiger partial charge in [0.1, 0.15) is 11.6 Å². The van der Waals surface area contributed by atoms with Gasteiger partial charge in [-0.15, -0.1) is 11.8 Å². The third-order valence-corrected chi connectivity index (χ3v) is 2.79. The Hall–Kier alpha value is -0.650. The lowest BCUT2D eigenvalue weighted by Crippen LogP contribution is -2.21. The van der Waals surface area contributed by atoms with Crippen molar-refractivity contribution >= 4 is 11.8 Å². The van der Waals surface area contributed by atoms with Crippen LogP contribution in [-0.2, 0) is 0 Å². The van der Waals surface area contributed by atoms with Gasteiger partial charge in [0.25, 0.3) is 0 Å². The van der Waals surface area contributed by atoms with Crippen molar-refractivity contribution < 1.29 is 13.9 Å². The van der Waals surface area contributed by atoms with Crippen molar-refractivity contribution in [1.29, 1.82) is 0 Å². The number of aliphatic hydroxyl groups is 1. The van der Waals surface area contributed by atoms with E-state index in [2.05, 4.69) is 0 Å². The Morgan fingerprint density at radius 1 is 1.43 bits per heavy atom. The number of benzene rings is 1. The monoisotopic (exact) mass is 219 g/mol. The Bertz CT molecular complexity index is 309. The summed E-state index contributed by atoms with van der Waals surface area (Å²) < 4.78 is 25.5. The third-order valence-electron chi connectivity index (χ3n) is 1.60. The standard InChI is InChI=1S/C9H11F2NOS/c10-6-1-2-9(8(11)3-6)14-5-7(13)4-12/h1-3,7,13H,4-5,12H2. The number of hydrogen-bond donors (Lipinski definition) is 2. The third kappa shape index (κ3) is 3.25. The predicted octanol–water partition coefficient (Wildman–Crippen LogP) is 1.38. The Morgan fingerprint density at radius 3 is 2.71 bits per heavy atom. The number of halogens is 2. The average Bonchev–Trinajstić information content (AvgIpc) is 2.16. The van der Waals surface area contributed by atoms with E-state index in [1.54, 1.807) is 0 Å². The lowest BCUT2D eigenvalue weighted by atomic mass is 10.3. The van der Waals surface area contributed by atoms with Gasteiger partial charge in [0.2, 0.25) is 0 Å². The molecule has 0 heterocycles. The van der Waals surface area contributed by atoms with Gasteiger partial charge in [-0.2, -0.15) is 0 Å². The van der Waals surface area contributed by atoms with Gasteiger partial charge >= 0.3 is 0 Å². The second kappa shape index (κ2) is 5.29. The van der Waals surface area contributed by atoms with E-state index < -0.39 is 17.7 Å². The topological polar surface area (TPSA) is 46.2 Å². The smallest absolute Gasteiger partial charge is 0.139 e. The number of rotatable bonds is 4. The molecule has 0 saturated carbocycles. The lowest BCUT2D eigenvalue weighted by Gasteiger charge is -2.07. The summed E-state index contributed by atoms with van der Waals surface area (Å²) in [4.78, 5) is 0.318. The highest BCUT2D eigenvalue weighted by Gasteiger charge is 2.07. The maximum atomic E-state index is 13.0. The molecule has 0 aliphatic carbocycles. The molecule has 0 aliphatic rings. The zero-order valence-electron chi connectivity index (χ0n) is 7.41. The van der Waals surface area contributed by atoms with E-state index in [-0.39, 0.29) is 6.54 Å². The summed E-state index contributed by atoms with van der Waals surface area (Å²) in [5.74, 6) is -0.913. The largest absolute Gasteiger partial charge is 0.391 e. The molecule has 0 aromatic heterocycles. The number of thioether (sulfide) groups is 1. The molecule has 1 unspecified atom stereocenters. The second-order valence-electron chi connectivity index (χ2n) is 2.78. The molecule has 0 aliphatic heterocycles. The Balaban J connectivity index is 2.59. The highest BCUT2D eigenvalue weighted by molar-refractivity contribution is 7.99. The molecule has 0 bridgehead atoms. The van der Waals surface area contributed by atoms with E-state index in [1.807, 2.05) is 0 Å². The van der Waals surface area contributed by atoms with Crippen molar-refractivity contribution in [2.75, 3.05) is 12.3 Å². The van der Waals surface area contributed by atoms with Crippen LogP contribution in [0.15, 0.2) is 23.1 Å². The van der Waals surface area contributed by atoms with Gasteiger partial charge in [0.15, 0.2) is 0 Å². The molecule has 1 atom stereocenters. The molecule has 2 nitrogen and oxygen atoms in total. The molecule has 0 amide bonds. The fourth-order valence-corrected chi connectivity index (χ4v) is 1.72. The summed E-state index contributed by atoms with van der Waals surface area (Å²) >= 11 is 1.12. The van der Waals surface area contributed by atoms with Gasteiger partial charge in [-0.1, -0.05) is 0 Å². The maximum Gasteiger partial charge on any atom is 0.139 e. The van der Waals surface area contributed by atoms with Crippen LogP contribution in [0.25, 0.3) is 0 Å². The van der Waals surface area contributed by atoms with Crippen molar-refractivity contribution in [3.63, 3.8) is 0 Å². The molecule has 1 rings (SSSR count). The van der Waals surface area contributed by atoms with Gasteiger partial charge in [0.05, 0.1) is 6.10 Å². The van der Waals surface area contributed by atoms with E-state index in [0.717, 1.165) is 17.8 Å². The Morgan fingerprint density at radius 2 is 2.14 bits per heavy atom. The van der Waals surface area contributed by atoms with Gasteiger partial charge < -0.3 is 10.8 Å². The van der Waals surface area contributed by atoms with E-state index in [1.165, 1.54) is 12.1 Å². The molecule has 14 heavy (non-hydrogen) atoms. The predicted molar refractivity (Wildman–Crippen MR) is 52.1 cm³/mol. The van der Waals surface area contributed by atoms with Gasteiger partial charge in [-0.05, 0) is 12.1 Å². The van der Waals surface area contributed by atoms with Crippen molar-refractivity contribution in [1.82, 2.24) is 0 Å². The fourth-order valence-electron chi connectivity index (χ4n) is 0.846. The molecule has 0 radical (unpaired) electrons. The Labute approximate surface area is 85.1 Å². The van der Waals surface area contributed by atoms with E-state index in [9.17, 15) is 8.78 Å². The quantitative estimate of drug-likeness (QED) is 0.752. The van der Waals surface area contributed by atoms with Crippen molar-refractivity contribution in [3.05, 3.63) is 29.8 Å². The summed E-state index contributed by atoms with van der Waals surface area (Å²) in [7, 11) is 0. The van der Waals surface area contributed by atoms with Gasteiger partial charge in [-0.25, -0.2) is 8.78 Å². The van der Waals surface area contributed by atoms with E-state index >= 15 is 0 Å². The molecule has 0 fully saturated rings. The number of aliphatic hydroxyl groups excluding tert-OH is 1. The lowest BCUT2D eigenvalue weighted by molar-refractivity contribution is 0.208. The van der Waals surface area contributed by atoms with Gasteiger partial charge in [0, 0.05) is 23.3 Å². The molecule has 0 spiro atoms. The first-order chi connectivity index (χ1) is 6.63. The van der Waals surface area contributed by atoms with Crippen molar-refractivity contribution in [2.45, 2.75) is 11.0 Å². The fraction of sp³-hybridized carbons (Fsp3) is 0.333. The molecular formula is C9H11F2NOS. The number of hydrogen-bond acceptors (Lipinski definition) is 3. The highest BCUT2D eigenvalue weighted by atomic mass is 32.2. The second-order valence-corrected chi connectivity index (χ2v) is 3.84. The zero-order valence-corrected chi connectivity index (χ0v) is 8.23. The first kappa shape index (κ1) is 11.4. The molecule has 78 valence electrons. The number of nitrogens with two attached hydrogens (primary N) is 1. The molecule has 5 heteroatoms. The van der Waals surface area contributed by atoms with Crippen LogP contribution in [0.1, 0.15) is 0 Å². The van der Waals surface area contributed by atoms with E-state index in [0.29, 0.717) is 10.6 Å². The van der Waals surface area contributed by atoms with Crippen LogP contribution in [0.5, 0.6) is 0 Å².